The number of aryl methyl sites for hydroxylation is 1. The molecule has 0 fully saturated rings. The summed E-state index contributed by atoms with van der Waals surface area (Å²) in [6.45, 7) is 6.04. The number of alkyl halides is 1. The molecule has 0 N–H and O–H groups in total. The van der Waals surface area contributed by atoms with Gasteiger partial charge in [0, 0.05) is 0 Å². The molecule has 0 spiro atoms. The Bertz CT molecular complexity index is 199. The summed E-state index contributed by atoms with van der Waals surface area (Å²) in [7, 11) is 1.68. The standard InChI is InChI=1S/C8H10O.C2H6.CH3I/c1-7-4-3-5-8(6-7)9-2;2*1-2/h3-6H,1-2H3;1-2H3;1H3. The number of methoxy groups -OCH3 is 1. The molecular formula is C11H19IO. The molecule has 0 aliphatic rings. The lowest BCUT2D eigenvalue weighted by molar-refractivity contribution is 0.414. The number of hydrogen-bond donors (Lipinski definition) is 0. The molecule has 0 aliphatic carbocycles. The summed E-state index contributed by atoms with van der Waals surface area (Å²) in [4.78, 5) is 1.97. The highest BCUT2D eigenvalue weighted by atomic mass is 127. The Kier molecular flexibility index (Phi) is 13.8. The zero-order valence-corrected chi connectivity index (χ0v) is 11.3. The molecule has 0 heterocycles. The van der Waals surface area contributed by atoms with Crippen LogP contribution in [0, 0.1) is 6.92 Å². The summed E-state index contributed by atoms with van der Waals surface area (Å²) in [5, 5.41) is 0. The summed E-state index contributed by atoms with van der Waals surface area (Å²) in [6, 6.07) is 7.96. The number of benzene rings is 1. The first-order chi connectivity index (χ1) is 6.33. The number of rotatable bonds is 1. The first kappa shape index (κ1) is 15.2. The second kappa shape index (κ2) is 11.8. The Hall–Kier alpha value is -0.250. The highest BCUT2D eigenvalue weighted by Gasteiger charge is 1.86. The summed E-state index contributed by atoms with van der Waals surface area (Å²) < 4.78 is 5.00. The maximum Gasteiger partial charge on any atom is 0.119 e. The minimum absolute atomic E-state index is 0.926. The molecule has 0 atom stereocenters. The van der Waals surface area contributed by atoms with Crippen molar-refractivity contribution in [1.82, 2.24) is 0 Å². The summed E-state index contributed by atoms with van der Waals surface area (Å²) in [5.41, 5.74) is 1.23. The molecule has 0 saturated heterocycles. The van der Waals surface area contributed by atoms with Crippen molar-refractivity contribution in [2.24, 2.45) is 0 Å². The van der Waals surface area contributed by atoms with E-state index in [4.69, 9.17) is 4.74 Å². The SMILES string of the molecule is CC.CI.COc1cccc(C)c1. The van der Waals surface area contributed by atoms with Gasteiger partial charge in [0.05, 0.1) is 7.11 Å². The molecule has 0 amide bonds. The van der Waals surface area contributed by atoms with Crippen molar-refractivity contribution in [3.8, 4) is 5.75 Å². The van der Waals surface area contributed by atoms with E-state index in [-0.39, 0.29) is 0 Å². The largest absolute Gasteiger partial charge is 0.497 e. The van der Waals surface area contributed by atoms with Crippen LogP contribution in [0.25, 0.3) is 0 Å². The average molecular weight is 294 g/mol. The van der Waals surface area contributed by atoms with Crippen molar-refractivity contribution in [2.75, 3.05) is 12.0 Å². The van der Waals surface area contributed by atoms with Gasteiger partial charge in [0.2, 0.25) is 0 Å². The van der Waals surface area contributed by atoms with Crippen LogP contribution in [0.2, 0.25) is 0 Å². The smallest absolute Gasteiger partial charge is 0.119 e. The fourth-order valence-electron chi connectivity index (χ4n) is 0.742. The number of halogens is 1. The van der Waals surface area contributed by atoms with Crippen molar-refractivity contribution in [2.45, 2.75) is 20.8 Å². The van der Waals surface area contributed by atoms with Crippen LogP contribution in [-0.2, 0) is 0 Å². The van der Waals surface area contributed by atoms with Crippen LogP contribution in [0.1, 0.15) is 19.4 Å². The lowest BCUT2D eigenvalue weighted by Gasteiger charge is -1.97. The van der Waals surface area contributed by atoms with Gasteiger partial charge >= 0.3 is 0 Å². The van der Waals surface area contributed by atoms with Gasteiger partial charge in [0.15, 0.2) is 0 Å². The van der Waals surface area contributed by atoms with Crippen molar-refractivity contribution >= 4 is 22.6 Å². The molecule has 13 heavy (non-hydrogen) atoms. The van der Waals surface area contributed by atoms with Gasteiger partial charge in [-0.2, -0.15) is 0 Å². The molecule has 1 rings (SSSR count). The summed E-state index contributed by atoms with van der Waals surface area (Å²) >= 11 is 2.15. The van der Waals surface area contributed by atoms with E-state index in [1.165, 1.54) is 5.56 Å². The molecule has 2 heteroatoms. The minimum atomic E-state index is 0.926. The quantitative estimate of drug-likeness (QED) is 0.560. The van der Waals surface area contributed by atoms with Gasteiger partial charge in [-0.15, -0.1) is 0 Å². The lowest BCUT2D eigenvalue weighted by Crippen LogP contribution is -1.81. The Morgan fingerprint density at radius 1 is 1.15 bits per heavy atom. The maximum atomic E-state index is 5.00. The zero-order valence-electron chi connectivity index (χ0n) is 9.10. The molecule has 0 radical (unpaired) electrons. The van der Waals surface area contributed by atoms with E-state index in [9.17, 15) is 0 Å². The van der Waals surface area contributed by atoms with E-state index < -0.39 is 0 Å². The van der Waals surface area contributed by atoms with Crippen LogP contribution in [0.15, 0.2) is 24.3 Å². The van der Waals surface area contributed by atoms with Crippen molar-refractivity contribution in [1.29, 1.82) is 0 Å². The Morgan fingerprint density at radius 2 is 1.69 bits per heavy atom. The van der Waals surface area contributed by atoms with E-state index in [0.29, 0.717) is 0 Å². The van der Waals surface area contributed by atoms with Crippen molar-refractivity contribution < 1.29 is 4.74 Å². The molecule has 0 bridgehead atoms. The summed E-state index contributed by atoms with van der Waals surface area (Å²) in [6.07, 6.45) is 0. The third kappa shape index (κ3) is 8.09. The van der Waals surface area contributed by atoms with Gasteiger partial charge in [-0.1, -0.05) is 48.6 Å². The second-order valence-electron chi connectivity index (χ2n) is 2.02. The highest BCUT2D eigenvalue weighted by Crippen LogP contribution is 2.10. The highest BCUT2D eigenvalue weighted by molar-refractivity contribution is 14.1. The van der Waals surface area contributed by atoms with Crippen molar-refractivity contribution in [3.63, 3.8) is 0 Å². The second-order valence-corrected chi connectivity index (χ2v) is 2.02. The molecule has 1 aromatic rings. The van der Waals surface area contributed by atoms with Crippen LogP contribution in [0.3, 0.4) is 0 Å². The van der Waals surface area contributed by atoms with E-state index in [1.807, 2.05) is 50.0 Å². The van der Waals surface area contributed by atoms with Gasteiger partial charge in [-0.05, 0) is 29.6 Å². The number of ether oxygens (including phenoxy) is 1. The topological polar surface area (TPSA) is 9.23 Å². The molecule has 0 saturated carbocycles. The van der Waals surface area contributed by atoms with Gasteiger partial charge in [-0.3, -0.25) is 0 Å². The Morgan fingerprint density at radius 3 is 2.00 bits per heavy atom. The predicted octanol–water partition coefficient (Wildman–Crippen LogP) is 4.08. The molecule has 0 aromatic heterocycles. The van der Waals surface area contributed by atoms with Crippen LogP contribution in [0.5, 0.6) is 5.75 Å². The monoisotopic (exact) mass is 294 g/mol. The van der Waals surface area contributed by atoms with Gasteiger partial charge < -0.3 is 4.74 Å². The minimum Gasteiger partial charge on any atom is -0.497 e. The van der Waals surface area contributed by atoms with Gasteiger partial charge in [-0.25, -0.2) is 0 Å². The predicted molar refractivity (Wildman–Crippen MR) is 69.0 cm³/mol. The molecule has 0 unspecified atom stereocenters. The van der Waals surface area contributed by atoms with Gasteiger partial charge in [0.1, 0.15) is 5.75 Å². The molecule has 1 nitrogen and oxygen atoms in total. The lowest BCUT2D eigenvalue weighted by atomic mass is 10.2. The average Bonchev–Trinajstić information content (AvgIpc) is 2.24. The maximum absolute atomic E-state index is 5.00. The third-order valence-electron chi connectivity index (χ3n) is 1.23. The molecule has 76 valence electrons. The summed E-state index contributed by atoms with van der Waals surface area (Å²) in [5.74, 6) is 0.926. The third-order valence-corrected chi connectivity index (χ3v) is 1.23. The van der Waals surface area contributed by atoms with Crippen LogP contribution < -0.4 is 4.74 Å². The van der Waals surface area contributed by atoms with Crippen LogP contribution in [-0.4, -0.2) is 12.0 Å². The fourth-order valence-corrected chi connectivity index (χ4v) is 0.742. The molecule has 0 aliphatic heterocycles. The van der Waals surface area contributed by atoms with Gasteiger partial charge in [0.25, 0.3) is 0 Å². The van der Waals surface area contributed by atoms with Crippen molar-refractivity contribution in [3.05, 3.63) is 29.8 Å². The van der Waals surface area contributed by atoms with E-state index in [0.717, 1.165) is 5.75 Å². The molecule has 1 aromatic carbocycles. The van der Waals surface area contributed by atoms with Crippen LogP contribution in [0.4, 0.5) is 0 Å². The fraction of sp³-hybridized carbons (Fsp3) is 0.455. The van der Waals surface area contributed by atoms with E-state index in [1.54, 1.807) is 7.11 Å². The zero-order chi connectivity index (χ0) is 10.7. The van der Waals surface area contributed by atoms with E-state index in [2.05, 4.69) is 22.6 Å². The first-order valence-electron chi connectivity index (χ1n) is 4.31. The Balaban J connectivity index is 0. The Labute approximate surface area is 95.6 Å². The van der Waals surface area contributed by atoms with E-state index >= 15 is 0 Å². The van der Waals surface area contributed by atoms with Crippen LogP contribution >= 0.6 is 22.6 Å². The molecular weight excluding hydrogens is 275 g/mol. The first-order valence-corrected chi connectivity index (χ1v) is 6.47. The number of hydrogen-bond acceptors (Lipinski definition) is 1. The normalized spacial score (nSPS) is 7.23.